The van der Waals surface area contributed by atoms with Gasteiger partial charge in [-0.15, -0.1) is 12.4 Å². The number of carbonyl (C=O) groups excluding carboxylic acids is 3. The number of likely N-dealkylation sites (N-methyl/N-ethyl adjacent to an activating group) is 1. The fraction of sp³-hybridized carbons (Fsp3) is 0.812. The van der Waals surface area contributed by atoms with E-state index >= 15 is 0 Å². The molecule has 1 saturated heterocycles. The molecular formula is C16H29ClN4O3. The Bertz CT molecular complexity index is 492. The first-order chi connectivity index (χ1) is 10.8. The predicted molar refractivity (Wildman–Crippen MR) is 93.8 cm³/mol. The Morgan fingerprint density at radius 3 is 2.50 bits per heavy atom. The van der Waals surface area contributed by atoms with E-state index in [9.17, 15) is 14.4 Å². The fourth-order valence-electron chi connectivity index (χ4n) is 3.39. The maximum atomic E-state index is 12.7. The standard InChI is InChI=1S/C16H28N4O3.ClH/c1-4-12-5-7-16(8-6-12)14(22)20(15(23)18-16)10-13(21)19(3)11(2)9-17;/h11-12H,4-10,17H2,1-3H3,(H,18,23);1H. The third kappa shape index (κ3) is 3.83. The number of nitrogens with zero attached hydrogens (tertiary/aromatic N) is 2. The van der Waals surface area contributed by atoms with Gasteiger partial charge in [-0.25, -0.2) is 4.79 Å². The average molecular weight is 361 g/mol. The van der Waals surface area contributed by atoms with Crippen LogP contribution in [-0.2, 0) is 9.59 Å². The molecule has 0 aromatic rings. The van der Waals surface area contributed by atoms with Crippen molar-refractivity contribution in [3.63, 3.8) is 0 Å². The lowest BCUT2D eigenvalue weighted by Crippen LogP contribution is -2.50. The van der Waals surface area contributed by atoms with Gasteiger partial charge in [-0.05, 0) is 38.5 Å². The van der Waals surface area contributed by atoms with Crippen molar-refractivity contribution in [3.8, 4) is 0 Å². The molecule has 7 nitrogen and oxygen atoms in total. The highest BCUT2D eigenvalue weighted by atomic mass is 35.5. The summed E-state index contributed by atoms with van der Waals surface area (Å²) in [5.41, 5.74) is 4.77. The molecule has 0 aromatic heterocycles. The number of hydrogen-bond acceptors (Lipinski definition) is 4. The summed E-state index contributed by atoms with van der Waals surface area (Å²) < 4.78 is 0. The van der Waals surface area contributed by atoms with Crippen molar-refractivity contribution in [2.24, 2.45) is 11.7 Å². The Hall–Kier alpha value is -1.34. The Kier molecular flexibility index (Phi) is 7.04. The van der Waals surface area contributed by atoms with E-state index in [1.54, 1.807) is 7.05 Å². The highest BCUT2D eigenvalue weighted by Gasteiger charge is 2.52. The van der Waals surface area contributed by atoms with Crippen molar-refractivity contribution in [3.05, 3.63) is 0 Å². The molecule has 0 radical (unpaired) electrons. The largest absolute Gasteiger partial charge is 0.340 e. The second kappa shape index (κ2) is 8.16. The Morgan fingerprint density at radius 1 is 1.42 bits per heavy atom. The molecule has 1 aliphatic carbocycles. The number of urea groups is 1. The zero-order valence-corrected chi connectivity index (χ0v) is 15.5. The van der Waals surface area contributed by atoms with Crippen LogP contribution in [0, 0.1) is 5.92 Å². The third-order valence-corrected chi connectivity index (χ3v) is 5.47. The smallest absolute Gasteiger partial charge is 0.325 e. The van der Waals surface area contributed by atoms with Gasteiger partial charge in [0.2, 0.25) is 5.91 Å². The predicted octanol–water partition coefficient (Wildman–Crippen LogP) is 1.10. The van der Waals surface area contributed by atoms with Crippen LogP contribution in [0.25, 0.3) is 0 Å². The molecule has 2 rings (SSSR count). The normalized spacial score (nSPS) is 27.7. The van der Waals surface area contributed by atoms with Gasteiger partial charge >= 0.3 is 6.03 Å². The van der Waals surface area contributed by atoms with Crippen molar-refractivity contribution in [2.75, 3.05) is 20.1 Å². The van der Waals surface area contributed by atoms with Gasteiger partial charge in [0.15, 0.2) is 0 Å². The van der Waals surface area contributed by atoms with E-state index < -0.39 is 11.6 Å². The van der Waals surface area contributed by atoms with Crippen molar-refractivity contribution in [2.45, 2.75) is 57.5 Å². The van der Waals surface area contributed by atoms with Crippen molar-refractivity contribution in [1.29, 1.82) is 0 Å². The quantitative estimate of drug-likeness (QED) is 0.718. The van der Waals surface area contributed by atoms with E-state index in [0.29, 0.717) is 25.3 Å². The van der Waals surface area contributed by atoms with Gasteiger partial charge in [0.1, 0.15) is 12.1 Å². The van der Waals surface area contributed by atoms with Crippen molar-refractivity contribution < 1.29 is 14.4 Å². The molecule has 0 aromatic carbocycles. The minimum atomic E-state index is -0.791. The average Bonchev–Trinajstić information content (AvgIpc) is 2.78. The molecule has 24 heavy (non-hydrogen) atoms. The van der Waals surface area contributed by atoms with Gasteiger partial charge in [-0.3, -0.25) is 14.5 Å². The van der Waals surface area contributed by atoms with Crippen LogP contribution >= 0.6 is 12.4 Å². The molecule has 1 atom stereocenters. The molecule has 2 aliphatic rings. The van der Waals surface area contributed by atoms with E-state index in [1.165, 1.54) is 4.90 Å². The molecular weight excluding hydrogens is 332 g/mol. The van der Waals surface area contributed by atoms with Gasteiger partial charge in [0, 0.05) is 19.6 Å². The highest BCUT2D eigenvalue weighted by Crippen LogP contribution is 2.37. The Labute approximate surface area is 149 Å². The van der Waals surface area contributed by atoms with Crippen LogP contribution in [0.2, 0.25) is 0 Å². The summed E-state index contributed by atoms with van der Waals surface area (Å²) in [7, 11) is 1.64. The fourth-order valence-corrected chi connectivity index (χ4v) is 3.39. The minimum absolute atomic E-state index is 0. The highest BCUT2D eigenvalue weighted by molar-refractivity contribution is 6.09. The zero-order chi connectivity index (χ0) is 17.2. The Balaban J connectivity index is 0.00000288. The van der Waals surface area contributed by atoms with Gasteiger partial charge < -0.3 is 16.0 Å². The number of imide groups is 1. The van der Waals surface area contributed by atoms with E-state index in [1.807, 2.05) is 6.92 Å². The molecule has 1 saturated carbocycles. The lowest BCUT2D eigenvalue weighted by molar-refractivity contribution is -0.139. The molecule has 1 spiro atoms. The third-order valence-electron chi connectivity index (χ3n) is 5.47. The van der Waals surface area contributed by atoms with Crippen LogP contribution in [-0.4, -0.2) is 59.4 Å². The van der Waals surface area contributed by atoms with E-state index in [2.05, 4.69) is 12.2 Å². The second-order valence-corrected chi connectivity index (χ2v) is 6.84. The number of nitrogens with two attached hydrogens (primary N) is 1. The molecule has 8 heteroatoms. The topological polar surface area (TPSA) is 95.7 Å². The van der Waals surface area contributed by atoms with Crippen LogP contribution < -0.4 is 11.1 Å². The summed E-state index contributed by atoms with van der Waals surface area (Å²) in [5, 5.41) is 2.84. The molecule has 1 unspecified atom stereocenters. The summed E-state index contributed by atoms with van der Waals surface area (Å²) in [5.74, 6) is 0.0995. The van der Waals surface area contributed by atoms with Crippen LogP contribution in [0.5, 0.6) is 0 Å². The summed E-state index contributed by atoms with van der Waals surface area (Å²) in [6, 6.07) is -0.579. The summed E-state index contributed by atoms with van der Waals surface area (Å²) in [6.07, 6.45) is 4.30. The molecule has 1 aliphatic heterocycles. The molecule has 2 fully saturated rings. The number of halogens is 1. The van der Waals surface area contributed by atoms with E-state index in [4.69, 9.17) is 5.73 Å². The maximum absolute atomic E-state index is 12.7. The molecule has 4 amide bonds. The number of rotatable bonds is 5. The summed E-state index contributed by atoms with van der Waals surface area (Å²) in [6.45, 7) is 4.10. The second-order valence-electron chi connectivity index (χ2n) is 6.84. The van der Waals surface area contributed by atoms with E-state index in [-0.39, 0.29) is 36.8 Å². The summed E-state index contributed by atoms with van der Waals surface area (Å²) >= 11 is 0. The first-order valence-corrected chi connectivity index (χ1v) is 8.44. The molecule has 0 bridgehead atoms. The lowest BCUT2D eigenvalue weighted by atomic mass is 9.75. The van der Waals surface area contributed by atoms with Gasteiger partial charge in [-0.1, -0.05) is 13.3 Å². The van der Waals surface area contributed by atoms with Gasteiger partial charge in [0.05, 0.1) is 0 Å². The number of nitrogens with one attached hydrogen (secondary N) is 1. The van der Waals surface area contributed by atoms with Crippen LogP contribution in [0.15, 0.2) is 0 Å². The first kappa shape index (κ1) is 20.7. The first-order valence-electron chi connectivity index (χ1n) is 8.44. The monoisotopic (exact) mass is 360 g/mol. The number of amides is 4. The molecule has 3 N–H and O–H groups in total. The van der Waals surface area contributed by atoms with Crippen LogP contribution in [0.1, 0.15) is 46.0 Å². The summed E-state index contributed by atoms with van der Waals surface area (Å²) in [4.78, 5) is 39.7. The SMILES string of the molecule is CCC1CCC2(CC1)NC(=O)N(CC(=O)N(C)C(C)CN)C2=O.Cl. The van der Waals surface area contributed by atoms with Gasteiger partial charge in [0.25, 0.3) is 5.91 Å². The number of hydrogen-bond donors (Lipinski definition) is 2. The maximum Gasteiger partial charge on any atom is 0.325 e. The van der Waals surface area contributed by atoms with E-state index in [0.717, 1.165) is 24.2 Å². The number of carbonyl (C=O) groups is 3. The molecule has 138 valence electrons. The van der Waals surface area contributed by atoms with Crippen LogP contribution in [0.4, 0.5) is 4.79 Å². The van der Waals surface area contributed by atoms with Gasteiger partial charge in [-0.2, -0.15) is 0 Å². The zero-order valence-electron chi connectivity index (χ0n) is 14.7. The lowest BCUT2D eigenvalue weighted by Gasteiger charge is -2.34. The Morgan fingerprint density at radius 2 is 2.00 bits per heavy atom. The van der Waals surface area contributed by atoms with Crippen molar-refractivity contribution >= 4 is 30.3 Å². The van der Waals surface area contributed by atoms with Crippen molar-refractivity contribution in [1.82, 2.24) is 15.1 Å². The minimum Gasteiger partial charge on any atom is -0.340 e. The molecule has 1 heterocycles. The van der Waals surface area contributed by atoms with Crippen LogP contribution in [0.3, 0.4) is 0 Å².